The highest BCUT2D eigenvalue weighted by Gasteiger charge is 2.36. The second-order valence-electron chi connectivity index (χ2n) is 3.56. The fraction of sp³-hybridized carbons (Fsp3) is 0.200. The summed E-state index contributed by atoms with van der Waals surface area (Å²) in [4.78, 5) is 22.1. The van der Waals surface area contributed by atoms with Crippen LogP contribution in [0.4, 0.5) is 9.18 Å². The van der Waals surface area contributed by atoms with Crippen LogP contribution in [0.2, 0.25) is 5.02 Å². The minimum absolute atomic E-state index is 0.0825. The molecule has 1 fully saturated rings. The topological polar surface area (TPSA) is 78.4 Å². The highest BCUT2D eigenvalue weighted by atomic mass is 35.5. The van der Waals surface area contributed by atoms with Crippen molar-refractivity contribution in [3.05, 3.63) is 34.6 Å². The molecule has 7 heteroatoms. The number of amides is 3. The van der Waals surface area contributed by atoms with Gasteiger partial charge in [-0.2, -0.15) is 0 Å². The van der Waals surface area contributed by atoms with Gasteiger partial charge in [-0.3, -0.25) is 10.1 Å². The molecule has 5 nitrogen and oxygen atoms in total. The van der Waals surface area contributed by atoms with Gasteiger partial charge in [0.1, 0.15) is 18.0 Å². The molecule has 1 aromatic rings. The summed E-state index contributed by atoms with van der Waals surface area (Å²) in [5.74, 6) is -1.36. The molecule has 3 N–H and O–H groups in total. The zero-order valence-electron chi connectivity index (χ0n) is 8.41. The smallest absolute Gasteiger partial charge is 0.322 e. The molecule has 1 saturated heterocycles. The third kappa shape index (κ3) is 2.22. The molecule has 2 rings (SSSR count). The Kier molecular flexibility index (Phi) is 2.99. The fourth-order valence-electron chi connectivity index (χ4n) is 1.54. The molecule has 0 radical (unpaired) electrons. The second kappa shape index (κ2) is 4.31. The van der Waals surface area contributed by atoms with Crippen molar-refractivity contribution in [3.63, 3.8) is 0 Å². The van der Waals surface area contributed by atoms with Crippen molar-refractivity contribution >= 4 is 23.5 Å². The summed E-state index contributed by atoms with van der Waals surface area (Å²) < 4.78 is 13.2. The molecule has 0 aliphatic carbocycles. The minimum atomic E-state index is -1.33. The molecule has 3 amide bonds. The van der Waals surface area contributed by atoms with Gasteiger partial charge in [-0.25, -0.2) is 9.18 Å². The van der Waals surface area contributed by atoms with Crippen molar-refractivity contribution in [1.29, 1.82) is 0 Å². The van der Waals surface area contributed by atoms with E-state index in [-0.39, 0.29) is 10.6 Å². The summed E-state index contributed by atoms with van der Waals surface area (Å²) in [5.41, 5.74) is 0.161. The van der Waals surface area contributed by atoms with Crippen LogP contribution in [0.1, 0.15) is 11.7 Å². The maximum absolute atomic E-state index is 13.2. The molecule has 90 valence electrons. The largest absolute Gasteiger partial charge is 0.386 e. The molecule has 1 aromatic carbocycles. The van der Waals surface area contributed by atoms with Crippen LogP contribution in [-0.4, -0.2) is 23.1 Å². The lowest BCUT2D eigenvalue weighted by molar-refractivity contribution is -0.122. The zero-order valence-corrected chi connectivity index (χ0v) is 9.16. The second-order valence-corrected chi connectivity index (χ2v) is 3.97. The van der Waals surface area contributed by atoms with Crippen LogP contribution < -0.4 is 10.6 Å². The van der Waals surface area contributed by atoms with E-state index in [1.54, 1.807) is 0 Å². The summed E-state index contributed by atoms with van der Waals surface area (Å²) in [6, 6.07) is 1.86. The first-order valence-electron chi connectivity index (χ1n) is 4.73. The van der Waals surface area contributed by atoms with Gasteiger partial charge in [-0.1, -0.05) is 17.7 Å². The number of urea groups is 1. The van der Waals surface area contributed by atoms with E-state index in [2.05, 4.69) is 5.32 Å². The summed E-state index contributed by atoms with van der Waals surface area (Å²) in [5, 5.41) is 14.0. The quantitative estimate of drug-likeness (QED) is 0.684. The summed E-state index contributed by atoms with van der Waals surface area (Å²) >= 11 is 5.49. The van der Waals surface area contributed by atoms with Gasteiger partial charge in [0.2, 0.25) is 0 Å². The predicted molar refractivity (Wildman–Crippen MR) is 56.8 cm³/mol. The summed E-state index contributed by atoms with van der Waals surface area (Å²) in [7, 11) is 0. The number of hydrogen-bond acceptors (Lipinski definition) is 3. The Bertz CT molecular complexity index is 494. The number of rotatable bonds is 2. The van der Waals surface area contributed by atoms with Crippen LogP contribution in [0.5, 0.6) is 0 Å². The monoisotopic (exact) mass is 258 g/mol. The van der Waals surface area contributed by atoms with Crippen LogP contribution in [0.15, 0.2) is 18.2 Å². The Labute approximate surface area is 101 Å². The van der Waals surface area contributed by atoms with E-state index in [0.717, 1.165) is 6.07 Å². The molecule has 0 spiro atoms. The Morgan fingerprint density at radius 2 is 2.12 bits per heavy atom. The Morgan fingerprint density at radius 1 is 1.41 bits per heavy atom. The maximum Gasteiger partial charge on any atom is 0.322 e. The number of nitrogens with one attached hydrogen (secondary N) is 2. The Balaban J connectivity index is 2.25. The summed E-state index contributed by atoms with van der Waals surface area (Å²) in [6.07, 6.45) is -1.33. The molecule has 1 heterocycles. The van der Waals surface area contributed by atoms with Crippen molar-refractivity contribution in [3.8, 4) is 0 Å². The van der Waals surface area contributed by atoms with Crippen LogP contribution >= 0.6 is 11.6 Å². The number of hydrogen-bond donors (Lipinski definition) is 3. The molecule has 1 aliphatic heterocycles. The first-order valence-corrected chi connectivity index (χ1v) is 5.11. The van der Waals surface area contributed by atoms with Crippen LogP contribution in [0.3, 0.4) is 0 Å². The molecule has 0 saturated carbocycles. The van der Waals surface area contributed by atoms with E-state index in [9.17, 15) is 19.1 Å². The average molecular weight is 259 g/mol. The van der Waals surface area contributed by atoms with E-state index < -0.39 is 29.9 Å². The van der Waals surface area contributed by atoms with Crippen molar-refractivity contribution < 1.29 is 19.1 Å². The van der Waals surface area contributed by atoms with E-state index in [1.807, 2.05) is 5.32 Å². The third-order valence-electron chi connectivity index (χ3n) is 2.41. The number of benzene rings is 1. The van der Waals surface area contributed by atoms with Crippen LogP contribution in [0, 0.1) is 5.82 Å². The Morgan fingerprint density at radius 3 is 2.65 bits per heavy atom. The highest BCUT2D eigenvalue weighted by molar-refractivity contribution is 6.30. The van der Waals surface area contributed by atoms with Gasteiger partial charge in [-0.05, 0) is 17.7 Å². The molecule has 2 atom stereocenters. The molecule has 17 heavy (non-hydrogen) atoms. The lowest BCUT2D eigenvalue weighted by Crippen LogP contribution is -2.35. The fourth-order valence-corrected chi connectivity index (χ4v) is 1.66. The standard InChI is InChI=1S/C10H8ClFN2O3/c11-5-2-1-4(3-6(5)12)8(15)7-9(16)14-10(17)13-7/h1-3,7-8,15H,(H2,13,14,16,17). The van der Waals surface area contributed by atoms with Crippen molar-refractivity contribution in [2.75, 3.05) is 0 Å². The molecule has 1 aliphatic rings. The van der Waals surface area contributed by atoms with Crippen molar-refractivity contribution in [2.24, 2.45) is 0 Å². The number of carbonyl (C=O) groups excluding carboxylic acids is 2. The van der Waals surface area contributed by atoms with E-state index in [1.165, 1.54) is 12.1 Å². The predicted octanol–water partition coefficient (Wildman–Crippen LogP) is 0.721. The van der Waals surface area contributed by atoms with Gasteiger partial charge >= 0.3 is 6.03 Å². The average Bonchev–Trinajstić information content (AvgIpc) is 2.61. The van der Waals surface area contributed by atoms with Gasteiger partial charge in [-0.15, -0.1) is 0 Å². The number of aliphatic hydroxyl groups is 1. The first-order chi connectivity index (χ1) is 7.99. The lowest BCUT2D eigenvalue weighted by Gasteiger charge is -2.16. The number of carbonyl (C=O) groups is 2. The van der Waals surface area contributed by atoms with Gasteiger partial charge in [0.15, 0.2) is 0 Å². The SMILES string of the molecule is O=C1NC(=O)C(C(O)c2ccc(Cl)c(F)c2)N1. The van der Waals surface area contributed by atoms with E-state index >= 15 is 0 Å². The lowest BCUT2D eigenvalue weighted by atomic mass is 10.0. The highest BCUT2D eigenvalue weighted by Crippen LogP contribution is 2.23. The Hall–Kier alpha value is -1.66. The number of halogens is 2. The molecular weight excluding hydrogens is 251 g/mol. The number of imide groups is 1. The van der Waals surface area contributed by atoms with Crippen LogP contribution in [-0.2, 0) is 4.79 Å². The normalized spacial score (nSPS) is 21.0. The minimum Gasteiger partial charge on any atom is -0.386 e. The van der Waals surface area contributed by atoms with Gasteiger partial charge in [0.25, 0.3) is 5.91 Å². The van der Waals surface area contributed by atoms with E-state index in [0.29, 0.717) is 0 Å². The molecule has 0 bridgehead atoms. The first kappa shape index (κ1) is 11.8. The van der Waals surface area contributed by atoms with E-state index in [4.69, 9.17) is 11.6 Å². The summed E-state index contributed by atoms with van der Waals surface area (Å²) in [6.45, 7) is 0. The molecule has 0 aromatic heterocycles. The molecular formula is C10H8ClFN2O3. The molecule has 2 unspecified atom stereocenters. The van der Waals surface area contributed by atoms with Crippen molar-refractivity contribution in [1.82, 2.24) is 10.6 Å². The van der Waals surface area contributed by atoms with Crippen molar-refractivity contribution in [2.45, 2.75) is 12.1 Å². The third-order valence-corrected chi connectivity index (χ3v) is 2.71. The zero-order chi connectivity index (χ0) is 12.6. The van der Waals surface area contributed by atoms with Gasteiger partial charge in [0.05, 0.1) is 5.02 Å². The van der Waals surface area contributed by atoms with Crippen LogP contribution in [0.25, 0.3) is 0 Å². The van der Waals surface area contributed by atoms with Gasteiger partial charge < -0.3 is 10.4 Å². The number of aliphatic hydroxyl groups excluding tert-OH is 1. The van der Waals surface area contributed by atoms with Gasteiger partial charge in [0, 0.05) is 0 Å². The maximum atomic E-state index is 13.2.